The maximum Gasteiger partial charge on any atom is 0.160 e. The molecule has 3 heteroatoms. The van der Waals surface area contributed by atoms with Crippen LogP contribution >= 0.6 is 0 Å². The SMILES string of the molecule is COc1cc(C2CC(=O)C=C(C)C2)ccc1O. The van der Waals surface area contributed by atoms with E-state index in [0.717, 1.165) is 17.6 Å². The predicted molar refractivity (Wildman–Crippen MR) is 65.4 cm³/mol. The highest BCUT2D eigenvalue weighted by molar-refractivity contribution is 5.92. The number of hydrogen-bond acceptors (Lipinski definition) is 3. The molecule has 1 aliphatic carbocycles. The van der Waals surface area contributed by atoms with Crippen molar-refractivity contribution in [1.29, 1.82) is 0 Å². The van der Waals surface area contributed by atoms with E-state index in [9.17, 15) is 9.90 Å². The summed E-state index contributed by atoms with van der Waals surface area (Å²) in [5, 5.41) is 9.53. The summed E-state index contributed by atoms with van der Waals surface area (Å²) in [5.74, 6) is 0.959. The van der Waals surface area contributed by atoms with Gasteiger partial charge in [0.15, 0.2) is 17.3 Å². The molecule has 0 saturated carbocycles. The average Bonchev–Trinajstić information content (AvgIpc) is 2.28. The summed E-state index contributed by atoms with van der Waals surface area (Å²) in [5.41, 5.74) is 2.15. The van der Waals surface area contributed by atoms with Crippen molar-refractivity contribution in [2.24, 2.45) is 0 Å². The van der Waals surface area contributed by atoms with Gasteiger partial charge in [0.05, 0.1) is 7.11 Å². The molecule has 1 aromatic rings. The van der Waals surface area contributed by atoms with Gasteiger partial charge in [0.25, 0.3) is 0 Å². The minimum absolute atomic E-state index is 0.130. The Labute approximate surface area is 101 Å². The zero-order chi connectivity index (χ0) is 12.4. The first-order valence-electron chi connectivity index (χ1n) is 5.67. The van der Waals surface area contributed by atoms with Gasteiger partial charge in [-0.15, -0.1) is 0 Å². The molecule has 0 aliphatic heterocycles. The van der Waals surface area contributed by atoms with Crippen molar-refractivity contribution < 1.29 is 14.6 Å². The third-order valence-electron chi connectivity index (χ3n) is 3.10. The van der Waals surface area contributed by atoms with Gasteiger partial charge in [-0.25, -0.2) is 0 Å². The van der Waals surface area contributed by atoms with Crippen molar-refractivity contribution in [2.45, 2.75) is 25.7 Å². The molecule has 0 saturated heterocycles. The predicted octanol–water partition coefficient (Wildman–Crippen LogP) is 2.79. The summed E-state index contributed by atoms with van der Waals surface area (Å²) in [6.45, 7) is 1.97. The van der Waals surface area contributed by atoms with E-state index in [0.29, 0.717) is 12.2 Å². The molecule has 0 bridgehead atoms. The summed E-state index contributed by atoms with van der Waals surface area (Å²) in [4.78, 5) is 11.5. The van der Waals surface area contributed by atoms with Crippen molar-refractivity contribution in [3.8, 4) is 11.5 Å². The Morgan fingerprint density at radius 3 is 2.76 bits per heavy atom. The molecule has 17 heavy (non-hydrogen) atoms. The van der Waals surface area contributed by atoms with Crippen LogP contribution in [0.5, 0.6) is 11.5 Å². The second-order valence-electron chi connectivity index (χ2n) is 4.49. The van der Waals surface area contributed by atoms with E-state index in [1.807, 2.05) is 19.1 Å². The molecule has 0 radical (unpaired) electrons. The number of aromatic hydroxyl groups is 1. The first-order chi connectivity index (χ1) is 8.10. The molecule has 1 N–H and O–H groups in total. The third-order valence-corrected chi connectivity index (χ3v) is 3.10. The van der Waals surface area contributed by atoms with Crippen LogP contribution in [0.25, 0.3) is 0 Å². The quantitative estimate of drug-likeness (QED) is 0.852. The minimum atomic E-state index is 0.130. The van der Waals surface area contributed by atoms with E-state index in [1.165, 1.54) is 7.11 Å². The van der Waals surface area contributed by atoms with Crippen LogP contribution in [0.4, 0.5) is 0 Å². The maximum atomic E-state index is 11.5. The van der Waals surface area contributed by atoms with Gasteiger partial charge in [0.2, 0.25) is 0 Å². The van der Waals surface area contributed by atoms with Crippen LogP contribution < -0.4 is 4.74 Å². The Balaban J connectivity index is 2.29. The summed E-state index contributed by atoms with van der Waals surface area (Å²) in [6.07, 6.45) is 3.14. The Kier molecular flexibility index (Phi) is 3.18. The molecule has 1 aliphatic rings. The van der Waals surface area contributed by atoms with Crippen LogP contribution in [0, 0.1) is 0 Å². The second kappa shape index (κ2) is 4.62. The second-order valence-corrected chi connectivity index (χ2v) is 4.49. The highest BCUT2D eigenvalue weighted by Gasteiger charge is 2.21. The number of ketones is 1. The zero-order valence-corrected chi connectivity index (χ0v) is 10.1. The number of benzene rings is 1. The van der Waals surface area contributed by atoms with E-state index >= 15 is 0 Å². The van der Waals surface area contributed by atoms with Crippen molar-refractivity contribution >= 4 is 5.78 Å². The van der Waals surface area contributed by atoms with Crippen molar-refractivity contribution in [2.75, 3.05) is 7.11 Å². The first kappa shape index (κ1) is 11.7. The molecule has 1 unspecified atom stereocenters. The fourth-order valence-corrected chi connectivity index (χ4v) is 2.28. The van der Waals surface area contributed by atoms with Gasteiger partial charge >= 0.3 is 0 Å². The normalized spacial score (nSPS) is 20.0. The lowest BCUT2D eigenvalue weighted by Crippen LogP contribution is -2.11. The number of carbonyl (C=O) groups excluding carboxylic acids is 1. The van der Waals surface area contributed by atoms with Gasteiger partial charge in [-0.3, -0.25) is 4.79 Å². The number of carbonyl (C=O) groups is 1. The Morgan fingerprint density at radius 1 is 1.35 bits per heavy atom. The van der Waals surface area contributed by atoms with Gasteiger partial charge < -0.3 is 9.84 Å². The monoisotopic (exact) mass is 232 g/mol. The molecule has 0 fully saturated rings. The Bertz CT molecular complexity index is 474. The molecule has 0 heterocycles. The summed E-state index contributed by atoms with van der Waals surface area (Å²) in [6, 6.07) is 5.28. The van der Waals surface area contributed by atoms with Gasteiger partial charge in [-0.2, -0.15) is 0 Å². The molecule has 1 atom stereocenters. The van der Waals surface area contributed by atoms with Crippen LogP contribution in [-0.4, -0.2) is 18.0 Å². The topological polar surface area (TPSA) is 46.5 Å². The van der Waals surface area contributed by atoms with Crippen LogP contribution in [0.3, 0.4) is 0 Å². The average molecular weight is 232 g/mol. The summed E-state index contributed by atoms with van der Waals surface area (Å²) in [7, 11) is 1.52. The van der Waals surface area contributed by atoms with Crippen LogP contribution in [0.15, 0.2) is 29.8 Å². The molecule has 3 nitrogen and oxygen atoms in total. The van der Waals surface area contributed by atoms with E-state index in [2.05, 4.69) is 0 Å². The number of phenolic OH excluding ortho intramolecular Hbond substituents is 1. The van der Waals surface area contributed by atoms with Crippen LogP contribution in [0.2, 0.25) is 0 Å². The molecule has 0 aromatic heterocycles. The molecular weight excluding hydrogens is 216 g/mol. The zero-order valence-electron chi connectivity index (χ0n) is 10.1. The van der Waals surface area contributed by atoms with Gasteiger partial charge in [-0.1, -0.05) is 11.6 Å². The summed E-state index contributed by atoms with van der Waals surface area (Å²) < 4.78 is 5.08. The van der Waals surface area contributed by atoms with Crippen molar-refractivity contribution in [1.82, 2.24) is 0 Å². The highest BCUT2D eigenvalue weighted by atomic mass is 16.5. The van der Waals surface area contributed by atoms with E-state index in [1.54, 1.807) is 12.1 Å². The highest BCUT2D eigenvalue weighted by Crippen LogP contribution is 2.35. The number of hydrogen-bond donors (Lipinski definition) is 1. The Morgan fingerprint density at radius 2 is 2.12 bits per heavy atom. The largest absolute Gasteiger partial charge is 0.504 e. The minimum Gasteiger partial charge on any atom is -0.504 e. The standard InChI is InChI=1S/C14H16O3/c1-9-5-11(7-12(15)6-9)10-3-4-13(16)14(8-10)17-2/h3-4,6,8,11,16H,5,7H2,1-2H3. The van der Waals surface area contributed by atoms with Crippen molar-refractivity contribution in [3.05, 3.63) is 35.4 Å². The number of allylic oxidation sites excluding steroid dienone is 2. The number of methoxy groups -OCH3 is 1. The van der Waals surface area contributed by atoms with Gasteiger partial charge in [-0.05, 0) is 43.0 Å². The maximum absolute atomic E-state index is 11.5. The van der Waals surface area contributed by atoms with Crippen LogP contribution in [-0.2, 0) is 4.79 Å². The fraction of sp³-hybridized carbons (Fsp3) is 0.357. The fourth-order valence-electron chi connectivity index (χ4n) is 2.28. The van der Waals surface area contributed by atoms with E-state index < -0.39 is 0 Å². The van der Waals surface area contributed by atoms with Gasteiger partial charge in [0.1, 0.15) is 0 Å². The van der Waals surface area contributed by atoms with E-state index in [-0.39, 0.29) is 17.5 Å². The molecule has 90 valence electrons. The summed E-state index contributed by atoms with van der Waals surface area (Å²) >= 11 is 0. The number of rotatable bonds is 2. The third kappa shape index (κ3) is 2.49. The van der Waals surface area contributed by atoms with Gasteiger partial charge in [0, 0.05) is 6.42 Å². The van der Waals surface area contributed by atoms with E-state index in [4.69, 9.17) is 4.74 Å². The molecule has 2 rings (SSSR count). The lowest BCUT2D eigenvalue weighted by Gasteiger charge is -2.21. The lowest BCUT2D eigenvalue weighted by atomic mass is 9.83. The Hall–Kier alpha value is -1.77. The number of ether oxygens (including phenoxy) is 1. The molecule has 0 amide bonds. The lowest BCUT2D eigenvalue weighted by molar-refractivity contribution is -0.115. The van der Waals surface area contributed by atoms with Crippen molar-refractivity contribution in [3.63, 3.8) is 0 Å². The molecule has 1 aromatic carbocycles. The smallest absolute Gasteiger partial charge is 0.160 e. The van der Waals surface area contributed by atoms with Crippen LogP contribution in [0.1, 0.15) is 31.2 Å². The molecular formula is C14H16O3. The molecule has 0 spiro atoms. The first-order valence-corrected chi connectivity index (χ1v) is 5.67. The number of phenols is 1.